The van der Waals surface area contributed by atoms with Gasteiger partial charge in [-0.3, -0.25) is 4.79 Å². The first-order valence-corrected chi connectivity index (χ1v) is 5.87. The molecule has 5 nitrogen and oxygen atoms in total. The topological polar surface area (TPSA) is 92.4 Å². The van der Waals surface area contributed by atoms with Crippen molar-refractivity contribution in [3.8, 4) is 0 Å². The number of nitrogens with one attached hydrogen (secondary N) is 1. The highest BCUT2D eigenvalue weighted by Gasteiger charge is 2.22. The second-order valence-corrected chi connectivity index (χ2v) is 4.10. The number of carbonyl (C=O) groups is 2. The van der Waals surface area contributed by atoms with Gasteiger partial charge >= 0.3 is 5.97 Å². The van der Waals surface area contributed by atoms with E-state index < -0.39 is 24.0 Å². The highest BCUT2D eigenvalue weighted by atomic mass is 16.4. The van der Waals surface area contributed by atoms with Gasteiger partial charge in [0, 0.05) is 6.42 Å². The van der Waals surface area contributed by atoms with Gasteiger partial charge in [-0.2, -0.15) is 0 Å². The van der Waals surface area contributed by atoms with Crippen LogP contribution < -0.4 is 11.1 Å². The fourth-order valence-electron chi connectivity index (χ4n) is 1.51. The van der Waals surface area contributed by atoms with Gasteiger partial charge in [-0.1, -0.05) is 37.3 Å². The van der Waals surface area contributed by atoms with Gasteiger partial charge in [0.1, 0.15) is 6.04 Å². The zero-order valence-corrected chi connectivity index (χ0v) is 10.3. The molecule has 0 fully saturated rings. The molecular weight excluding hydrogens is 232 g/mol. The lowest BCUT2D eigenvalue weighted by atomic mass is 10.1. The van der Waals surface area contributed by atoms with Crippen molar-refractivity contribution in [1.82, 2.24) is 5.32 Å². The van der Waals surface area contributed by atoms with Gasteiger partial charge in [0.15, 0.2) is 0 Å². The molecule has 0 aliphatic rings. The van der Waals surface area contributed by atoms with E-state index in [2.05, 4.69) is 5.32 Å². The third-order valence-electron chi connectivity index (χ3n) is 2.67. The normalized spacial score (nSPS) is 13.7. The van der Waals surface area contributed by atoms with Crippen LogP contribution in [0.5, 0.6) is 0 Å². The predicted octanol–water partition coefficient (Wildman–Crippen LogP) is 0.536. The van der Waals surface area contributed by atoms with Crippen molar-refractivity contribution in [3.05, 3.63) is 35.9 Å². The summed E-state index contributed by atoms with van der Waals surface area (Å²) in [6, 6.07) is 7.54. The van der Waals surface area contributed by atoms with Crippen LogP contribution in [0.3, 0.4) is 0 Å². The van der Waals surface area contributed by atoms with Crippen LogP contribution in [0.1, 0.15) is 18.9 Å². The van der Waals surface area contributed by atoms with Crippen LogP contribution in [0.4, 0.5) is 0 Å². The number of hydrogen-bond acceptors (Lipinski definition) is 3. The average molecular weight is 250 g/mol. The number of hydrogen-bond donors (Lipinski definition) is 3. The van der Waals surface area contributed by atoms with Crippen molar-refractivity contribution >= 4 is 11.9 Å². The van der Waals surface area contributed by atoms with Crippen LogP contribution in [0.15, 0.2) is 30.3 Å². The van der Waals surface area contributed by atoms with Gasteiger partial charge in [0.05, 0.1) is 6.04 Å². The number of amides is 1. The van der Waals surface area contributed by atoms with E-state index in [1.54, 1.807) is 6.92 Å². The van der Waals surface area contributed by atoms with E-state index in [-0.39, 0.29) is 6.42 Å². The molecule has 1 amide bonds. The lowest BCUT2D eigenvalue weighted by Gasteiger charge is -2.17. The molecule has 1 unspecified atom stereocenters. The Labute approximate surface area is 106 Å². The van der Waals surface area contributed by atoms with Crippen molar-refractivity contribution in [3.63, 3.8) is 0 Å². The van der Waals surface area contributed by atoms with Crippen molar-refractivity contribution in [1.29, 1.82) is 0 Å². The molecule has 0 bridgehead atoms. The highest BCUT2D eigenvalue weighted by Crippen LogP contribution is 2.04. The van der Waals surface area contributed by atoms with Crippen molar-refractivity contribution in [2.24, 2.45) is 5.73 Å². The SMILES string of the molecule is CCC(N)C(=O)N[C@H](Cc1ccccc1)C(=O)O. The minimum absolute atomic E-state index is 0.248. The van der Waals surface area contributed by atoms with Gasteiger partial charge in [0.25, 0.3) is 0 Å². The number of carboxylic acid groups (broad SMARTS) is 1. The molecule has 4 N–H and O–H groups in total. The molecule has 1 aromatic rings. The van der Waals surface area contributed by atoms with Gasteiger partial charge in [-0.15, -0.1) is 0 Å². The van der Waals surface area contributed by atoms with E-state index in [0.717, 1.165) is 5.56 Å². The van der Waals surface area contributed by atoms with E-state index in [9.17, 15) is 9.59 Å². The molecule has 18 heavy (non-hydrogen) atoms. The van der Waals surface area contributed by atoms with E-state index in [4.69, 9.17) is 10.8 Å². The Bertz CT molecular complexity index is 406. The van der Waals surface area contributed by atoms with Crippen LogP contribution in [0, 0.1) is 0 Å². The third kappa shape index (κ3) is 4.18. The highest BCUT2D eigenvalue weighted by molar-refractivity contribution is 5.86. The Morgan fingerprint density at radius 2 is 1.94 bits per heavy atom. The fourth-order valence-corrected chi connectivity index (χ4v) is 1.51. The summed E-state index contributed by atoms with van der Waals surface area (Å²) in [4.78, 5) is 22.7. The first-order valence-electron chi connectivity index (χ1n) is 5.87. The third-order valence-corrected chi connectivity index (χ3v) is 2.67. The van der Waals surface area contributed by atoms with Crippen LogP contribution >= 0.6 is 0 Å². The molecule has 0 heterocycles. The van der Waals surface area contributed by atoms with E-state index in [1.165, 1.54) is 0 Å². The predicted molar refractivity (Wildman–Crippen MR) is 68.0 cm³/mol. The number of carboxylic acids is 1. The summed E-state index contributed by atoms with van der Waals surface area (Å²) in [5.74, 6) is -1.49. The Kier molecular flexibility index (Phi) is 5.32. The van der Waals surface area contributed by atoms with E-state index in [1.807, 2.05) is 30.3 Å². The Hall–Kier alpha value is -1.88. The Balaban J connectivity index is 2.67. The summed E-state index contributed by atoms with van der Waals surface area (Å²) >= 11 is 0. The summed E-state index contributed by atoms with van der Waals surface area (Å²) in [6.45, 7) is 1.78. The van der Waals surface area contributed by atoms with Gasteiger partial charge in [-0.05, 0) is 12.0 Å². The molecule has 0 saturated carbocycles. The Morgan fingerprint density at radius 1 is 1.33 bits per heavy atom. The summed E-state index contributed by atoms with van der Waals surface area (Å²) in [7, 11) is 0. The molecule has 1 rings (SSSR count). The maximum atomic E-state index is 11.6. The van der Waals surface area contributed by atoms with Crippen molar-refractivity contribution < 1.29 is 14.7 Å². The molecule has 98 valence electrons. The molecule has 1 aromatic carbocycles. The number of rotatable bonds is 6. The van der Waals surface area contributed by atoms with Gasteiger partial charge in [0.2, 0.25) is 5.91 Å². The standard InChI is InChI=1S/C13H18N2O3/c1-2-10(14)12(16)15-11(13(17)18)8-9-6-4-3-5-7-9/h3-7,10-11H,2,8,14H2,1H3,(H,15,16)(H,17,18)/t10?,11-/m1/s1. The zero-order valence-electron chi connectivity index (χ0n) is 10.3. The van der Waals surface area contributed by atoms with Crippen LogP contribution in [0.25, 0.3) is 0 Å². The lowest BCUT2D eigenvalue weighted by Crippen LogP contribution is -2.49. The van der Waals surface area contributed by atoms with Gasteiger partial charge < -0.3 is 16.2 Å². The zero-order chi connectivity index (χ0) is 13.5. The second-order valence-electron chi connectivity index (χ2n) is 4.10. The van der Waals surface area contributed by atoms with Crippen molar-refractivity contribution in [2.75, 3.05) is 0 Å². The average Bonchev–Trinajstić information content (AvgIpc) is 2.37. The number of benzene rings is 1. The summed E-state index contributed by atoms with van der Waals surface area (Å²) in [5, 5.41) is 11.5. The molecule has 2 atom stereocenters. The second kappa shape index (κ2) is 6.76. The molecule has 5 heteroatoms. The number of nitrogens with two attached hydrogens (primary N) is 1. The summed E-state index contributed by atoms with van der Waals surface area (Å²) in [5.41, 5.74) is 6.41. The lowest BCUT2D eigenvalue weighted by molar-refractivity contribution is -0.142. The maximum absolute atomic E-state index is 11.6. The summed E-state index contributed by atoms with van der Waals surface area (Å²) < 4.78 is 0. The van der Waals surface area contributed by atoms with Crippen molar-refractivity contribution in [2.45, 2.75) is 31.8 Å². The molecule has 0 spiro atoms. The minimum Gasteiger partial charge on any atom is -0.480 e. The molecular formula is C13H18N2O3. The smallest absolute Gasteiger partial charge is 0.326 e. The van der Waals surface area contributed by atoms with Crippen LogP contribution in [0.2, 0.25) is 0 Å². The minimum atomic E-state index is -1.06. The van der Waals surface area contributed by atoms with Gasteiger partial charge in [-0.25, -0.2) is 4.79 Å². The quantitative estimate of drug-likeness (QED) is 0.687. The first kappa shape index (κ1) is 14.2. The largest absolute Gasteiger partial charge is 0.480 e. The van der Waals surface area contributed by atoms with E-state index >= 15 is 0 Å². The molecule has 0 saturated heterocycles. The maximum Gasteiger partial charge on any atom is 0.326 e. The Morgan fingerprint density at radius 3 is 2.44 bits per heavy atom. The first-order chi connectivity index (χ1) is 8.54. The molecule has 0 radical (unpaired) electrons. The van der Waals surface area contributed by atoms with E-state index in [0.29, 0.717) is 6.42 Å². The van der Waals surface area contributed by atoms with Crippen LogP contribution in [-0.2, 0) is 16.0 Å². The molecule has 0 aliphatic heterocycles. The molecule has 0 aliphatic carbocycles. The number of aliphatic carboxylic acids is 1. The number of carbonyl (C=O) groups excluding carboxylic acids is 1. The summed E-state index contributed by atoms with van der Waals surface area (Å²) in [6.07, 6.45) is 0.724. The monoisotopic (exact) mass is 250 g/mol. The van der Waals surface area contributed by atoms with Crippen LogP contribution in [-0.4, -0.2) is 29.1 Å². The molecule has 0 aromatic heterocycles. The fraction of sp³-hybridized carbons (Fsp3) is 0.385.